The predicted molar refractivity (Wildman–Crippen MR) is 142 cm³/mol. The van der Waals surface area contributed by atoms with Crippen LogP contribution < -0.4 is 16.4 Å². The number of tetrazole rings is 1. The second kappa shape index (κ2) is 11.6. The Morgan fingerprint density at radius 2 is 1.59 bits per heavy atom. The summed E-state index contributed by atoms with van der Waals surface area (Å²) >= 11 is 0. The fourth-order valence-electron chi connectivity index (χ4n) is 3.89. The van der Waals surface area contributed by atoms with Gasteiger partial charge in [-0.05, 0) is 54.2 Å². The summed E-state index contributed by atoms with van der Waals surface area (Å²) in [5.74, 6) is -0.0958. The fourth-order valence-corrected chi connectivity index (χ4v) is 3.89. The Kier molecular flexibility index (Phi) is 8.05. The van der Waals surface area contributed by atoms with Crippen LogP contribution in [0.2, 0.25) is 0 Å². The van der Waals surface area contributed by atoms with Crippen LogP contribution in [0.25, 0.3) is 22.5 Å². The molecule has 5 N–H and O–H groups in total. The molecule has 9 heteroatoms. The monoisotopic (exact) mass is 497 g/mol. The maximum atomic E-state index is 13.1. The number of benzene rings is 3. The lowest BCUT2D eigenvalue weighted by atomic mass is 9.98. The van der Waals surface area contributed by atoms with Crippen molar-refractivity contribution in [2.24, 2.45) is 5.73 Å². The number of carbonyl (C=O) groups is 2. The van der Waals surface area contributed by atoms with Crippen LogP contribution in [-0.2, 0) is 22.6 Å². The first-order valence-electron chi connectivity index (χ1n) is 12.1. The molecule has 0 saturated heterocycles. The van der Waals surface area contributed by atoms with Gasteiger partial charge >= 0.3 is 0 Å². The van der Waals surface area contributed by atoms with Gasteiger partial charge in [-0.2, -0.15) is 5.21 Å². The maximum absolute atomic E-state index is 13.1. The van der Waals surface area contributed by atoms with Crippen LogP contribution in [0.5, 0.6) is 0 Å². The zero-order valence-electron chi connectivity index (χ0n) is 20.9. The zero-order chi connectivity index (χ0) is 26.3. The molecule has 0 saturated carbocycles. The van der Waals surface area contributed by atoms with Crippen LogP contribution >= 0.6 is 0 Å². The van der Waals surface area contributed by atoms with Crippen molar-refractivity contribution in [1.29, 1.82) is 0 Å². The van der Waals surface area contributed by atoms with E-state index in [1.54, 1.807) is 13.8 Å². The average molecular weight is 498 g/mol. The van der Waals surface area contributed by atoms with E-state index in [0.29, 0.717) is 25.2 Å². The second-order valence-electron chi connectivity index (χ2n) is 9.47. The first kappa shape index (κ1) is 25.7. The summed E-state index contributed by atoms with van der Waals surface area (Å²) in [6, 6.07) is 24.9. The number of hydrogen-bond acceptors (Lipinski definition) is 6. The highest BCUT2D eigenvalue weighted by atomic mass is 16.2. The standard InChI is InChI=1S/C28H31N7O2/c1-28(2,29)27(37)31-24(17-14-19-8-4-3-5-9-19)26(36)30-18-20-12-15-21(16-13-20)22-10-6-7-11-23(22)25-32-34-35-33-25/h3-13,15-16,24H,14,17-18,29H2,1-2H3,(H,30,36)(H,31,37)(H,32,33,34,35)/t24-/m1/s1. The van der Waals surface area contributed by atoms with Gasteiger partial charge in [0.1, 0.15) is 6.04 Å². The quantitative estimate of drug-likeness (QED) is 0.266. The van der Waals surface area contributed by atoms with Crippen LogP contribution in [0.1, 0.15) is 31.4 Å². The number of amides is 2. The van der Waals surface area contributed by atoms with Gasteiger partial charge in [-0.15, -0.1) is 10.2 Å². The third-order valence-corrected chi connectivity index (χ3v) is 6.02. The molecule has 1 aromatic heterocycles. The second-order valence-corrected chi connectivity index (χ2v) is 9.47. The van der Waals surface area contributed by atoms with Gasteiger partial charge in [-0.1, -0.05) is 78.9 Å². The molecule has 1 heterocycles. The summed E-state index contributed by atoms with van der Waals surface area (Å²) < 4.78 is 0. The highest BCUT2D eigenvalue weighted by molar-refractivity contribution is 5.91. The zero-order valence-corrected chi connectivity index (χ0v) is 20.9. The van der Waals surface area contributed by atoms with Gasteiger partial charge in [0.05, 0.1) is 5.54 Å². The number of H-pyrrole nitrogens is 1. The minimum Gasteiger partial charge on any atom is -0.350 e. The van der Waals surface area contributed by atoms with Gasteiger partial charge < -0.3 is 16.4 Å². The molecule has 9 nitrogen and oxygen atoms in total. The van der Waals surface area contributed by atoms with E-state index in [2.05, 4.69) is 31.3 Å². The molecule has 0 radical (unpaired) electrons. The van der Waals surface area contributed by atoms with Crippen molar-refractivity contribution >= 4 is 11.8 Å². The molecular formula is C28H31N7O2. The van der Waals surface area contributed by atoms with Crippen LogP contribution in [0.3, 0.4) is 0 Å². The van der Waals surface area contributed by atoms with E-state index in [1.807, 2.05) is 78.9 Å². The molecule has 3 aromatic carbocycles. The Labute approximate surface area is 215 Å². The number of aromatic nitrogens is 4. The summed E-state index contributed by atoms with van der Waals surface area (Å²) in [6.45, 7) is 3.56. The fraction of sp³-hybridized carbons (Fsp3) is 0.250. The van der Waals surface area contributed by atoms with Crippen LogP contribution in [-0.4, -0.2) is 44.0 Å². The third-order valence-electron chi connectivity index (χ3n) is 6.02. The van der Waals surface area contributed by atoms with Crippen molar-refractivity contribution in [1.82, 2.24) is 31.3 Å². The topological polar surface area (TPSA) is 139 Å². The normalized spacial score (nSPS) is 12.1. The molecule has 0 fully saturated rings. The first-order valence-corrected chi connectivity index (χ1v) is 12.1. The Bertz CT molecular complexity index is 1310. The first-order chi connectivity index (χ1) is 17.8. The Balaban J connectivity index is 1.42. The van der Waals surface area contributed by atoms with Gasteiger partial charge in [0, 0.05) is 12.1 Å². The molecule has 0 bridgehead atoms. The molecule has 0 unspecified atom stereocenters. The van der Waals surface area contributed by atoms with E-state index >= 15 is 0 Å². The highest BCUT2D eigenvalue weighted by Crippen LogP contribution is 2.29. The predicted octanol–water partition coefficient (Wildman–Crippen LogP) is 3.00. The SMILES string of the molecule is CC(C)(N)C(=O)N[C@H](CCc1ccccc1)C(=O)NCc1ccc(-c2ccccc2-c2nn[nH]n2)cc1. The van der Waals surface area contributed by atoms with E-state index in [9.17, 15) is 9.59 Å². The molecule has 1 atom stereocenters. The Morgan fingerprint density at radius 1 is 0.919 bits per heavy atom. The third kappa shape index (κ3) is 6.86. The Hall–Kier alpha value is -4.37. The molecule has 190 valence electrons. The van der Waals surface area contributed by atoms with Gasteiger partial charge in [0.25, 0.3) is 0 Å². The Morgan fingerprint density at radius 3 is 2.24 bits per heavy atom. The van der Waals surface area contributed by atoms with E-state index < -0.39 is 11.6 Å². The summed E-state index contributed by atoms with van der Waals surface area (Å²) in [4.78, 5) is 25.6. The van der Waals surface area contributed by atoms with Crippen molar-refractivity contribution in [3.05, 3.63) is 90.0 Å². The van der Waals surface area contributed by atoms with Crippen LogP contribution in [0.4, 0.5) is 0 Å². The smallest absolute Gasteiger partial charge is 0.242 e. The lowest BCUT2D eigenvalue weighted by molar-refractivity contribution is -0.131. The van der Waals surface area contributed by atoms with Gasteiger partial charge in [-0.25, -0.2) is 0 Å². The van der Waals surface area contributed by atoms with Crippen molar-refractivity contribution in [3.8, 4) is 22.5 Å². The lowest BCUT2D eigenvalue weighted by Crippen LogP contribution is -2.55. The summed E-state index contributed by atoms with van der Waals surface area (Å²) in [7, 11) is 0. The molecule has 0 aliphatic heterocycles. The largest absolute Gasteiger partial charge is 0.350 e. The molecule has 4 aromatic rings. The minimum atomic E-state index is -1.08. The van der Waals surface area contributed by atoms with Crippen molar-refractivity contribution < 1.29 is 9.59 Å². The van der Waals surface area contributed by atoms with Crippen molar-refractivity contribution in [3.63, 3.8) is 0 Å². The molecule has 37 heavy (non-hydrogen) atoms. The molecule has 2 amide bonds. The van der Waals surface area contributed by atoms with E-state index in [0.717, 1.165) is 27.8 Å². The number of aryl methyl sites for hydroxylation is 1. The average Bonchev–Trinajstić information content (AvgIpc) is 3.45. The van der Waals surface area contributed by atoms with Gasteiger partial charge in [0.2, 0.25) is 17.6 Å². The van der Waals surface area contributed by atoms with Gasteiger partial charge in [0.15, 0.2) is 0 Å². The number of nitrogens with two attached hydrogens (primary N) is 1. The molecule has 0 aliphatic rings. The van der Waals surface area contributed by atoms with Crippen LogP contribution in [0, 0.1) is 0 Å². The summed E-state index contributed by atoms with van der Waals surface area (Å²) in [5.41, 5.74) is 9.74. The van der Waals surface area contributed by atoms with E-state index in [4.69, 9.17) is 5.73 Å². The number of aromatic amines is 1. The number of nitrogens with one attached hydrogen (secondary N) is 3. The molecular weight excluding hydrogens is 466 g/mol. The number of hydrogen-bond donors (Lipinski definition) is 4. The molecule has 0 spiro atoms. The lowest BCUT2D eigenvalue weighted by Gasteiger charge is -2.24. The summed E-state index contributed by atoms with van der Waals surface area (Å²) in [6.07, 6.45) is 1.11. The number of rotatable bonds is 10. The maximum Gasteiger partial charge on any atom is 0.242 e. The highest BCUT2D eigenvalue weighted by Gasteiger charge is 2.27. The van der Waals surface area contributed by atoms with Crippen molar-refractivity contribution in [2.75, 3.05) is 0 Å². The number of carbonyl (C=O) groups excluding carboxylic acids is 2. The van der Waals surface area contributed by atoms with Crippen LogP contribution in [0.15, 0.2) is 78.9 Å². The van der Waals surface area contributed by atoms with E-state index in [1.165, 1.54) is 0 Å². The minimum absolute atomic E-state index is 0.250. The van der Waals surface area contributed by atoms with E-state index in [-0.39, 0.29) is 11.8 Å². The summed E-state index contributed by atoms with van der Waals surface area (Å²) in [5, 5.41) is 20.1. The van der Waals surface area contributed by atoms with Crippen molar-refractivity contribution in [2.45, 2.75) is 44.8 Å². The molecule has 0 aliphatic carbocycles. The number of nitrogens with zero attached hydrogens (tertiary/aromatic N) is 3. The van der Waals surface area contributed by atoms with Gasteiger partial charge in [-0.3, -0.25) is 9.59 Å². The molecule has 4 rings (SSSR count).